The van der Waals surface area contributed by atoms with Gasteiger partial charge in [0.2, 0.25) is 11.8 Å². The van der Waals surface area contributed by atoms with Crippen molar-refractivity contribution in [3.05, 3.63) is 28.2 Å². The number of halogens is 1. The Morgan fingerprint density at radius 2 is 1.86 bits per heavy atom. The number of nitrogens with one attached hydrogen (secondary N) is 2. The zero-order valence-corrected chi connectivity index (χ0v) is 15.3. The fourth-order valence-electron chi connectivity index (χ4n) is 1.95. The predicted molar refractivity (Wildman–Crippen MR) is 93.8 cm³/mol. The number of benzene rings is 1. The molecule has 2 amide bonds. The van der Waals surface area contributed by atoms with Crippen LogP contribution in [0.2, 0.25) is 0 Å². The van der Waals surface area contributed by atoms with Gasteiger partial charge in [0.1, 0.15) is 5.41 Å². The van der Waals surface area contributed by atoms with Crippen molar-refractivity contribution in [2.75, 3.05) is 11.9 Å². The van der Waals surface area contributed by atoms with E-state index in [1.807, 2.05) is 25.1 Å². The SMILES string of the molecule is CCCCCNC(=O)C(C)(C)C(=O)Nc1ccc(Br)cc1C. The monoisotopic (exact) mass is 368 g/mol. The minimum atomic E-state index is -1.11. The lowest BCUT2D eigenvalue weighted by Gasteiger charge is -2.23. The number of carbonyl (C=O) groups excluding carboxylic acids is 2. The Bertz CT molecular complexity index is 541. The van der Waals surface area contributed by atoms with Gasteiger partial charge in [-0.2, -0.15) is 0 Å². The van der Waals surface area contributed by atoms with Crippen LogP contribution in [0.15, 0.2) is 22.7 Å². The molecule has 0 aliphatic carbocycles. The molecule has 2 N–H and O–H groups in total. The van der Waals surface area contributed by atoms with Crippen LogP contribution in [-0.4, -0.2) is 18.4 Å². The molecular weight excluding hydrogens is 344 g/mol. The molecule has 0 atom stereocenters. The van der Waals surface area contributed by atoms with Crippen LogP contribution >= 0.6 is 15.9 Å². The summed E-state index contributed by atoms with van der Waals surface area (Å²) in [5.41, 5.74) is 0.563. The van der Waals surface area contributed by atoms with Gasteiger partial charge in [-0.25, -0.2) is 0 Å². The maximum absolute atomic E-state index is 12.4. The van der Waals surface area contributed by atoms with E-state index in [9.17, 15) is 9.59 Å². The van der Waals surface area contributed by atoms with Gasteiger partial charge in [0.05, 0.1) is 0 Å². The first-order valence-electron chi connectivity index (χ1n) is 7.65. The third kappa shape index (κ3) is 5.13. The number of hydrogen-bond donors (Lipinski definition) is 2. The molecule has 0 bridgehead atoms. The van der Waals surface area contributed by atoms with Crippen LogP contribution in [0.4, 0.5) is 5.69 Å². The summed E-state index contributed by atoms with van der Waals surface area (Å²) in [4.78, 5) is 24.6. The Labute approximate surface area is 141 Å². The van der Waals surface area contributed by atoms with Crippen molar-refractivity contribution >= 4 is 33.4 Å². The molecule has 4 nitrogen and oxygen atoms in total. The van der Waals surface area contributed by atoms with Gasteiger partial charge in [-0.1, -0.05) is 35.7 Å². The van der Waals surface area contributed by atoms with Crippen LogP contribution < -0.4 is 10.6 Å². The fraction of sp³-hybridized carbons (Fsp3) is 0.529. The maximum Gasteiger partial charge on any atom is 0.239 e. The van der Waals surface area contributed by atoms with E-state index in [1.54, 1.807) is 13.8 Å². The van der Waals surface area contributed by atoms with E-state index in [4.69, 9.17) is 0 Å². The zero-order chi connectivity index (χ0) is 16.8. The van der Waals surface area contributed by atoms with Gasteiger partial charge in [0.25, 0.3) is 0 Å². The molecule has 0 aliphatic heterocycles. The summed E-state index contributed by atoms with van der Waals surface area (Å²) in [6.07, 6.45) is 3.11. The second kappa shape index (κ2) is 8.32. The molecule has 0 aromatic heterocycles. The smallest absolute Gasteiger partial charge is 0.239 e. The van der Waals surface area contributed by atoms with Gasteiger partial charge in [-0.3, -0.25) is 9.59 Å². The van der Waals surface area contributed by atoms with E-state index in [2.05, 4.69) is 33.5 Å². The third-order valence-corrected chi connectivity index (χ3v) is 4.13. The lowest BCUT2D eigenvalue weighted by atomic mass is 9.90. The molecule has 5 heteroatoms. The molecule has 1 rings (SSSR count). The van der Waals surface area contributed by atoms with Crippen molar-refractivity contribution in [3.63, 3.8) is 0 Å². The molecule has 0 aliphatic rings. The van der Waals surface area contributed by atoms with E-state index in [1.165, 1.54) is 0 Å². The van der Waals surface area contributed by atoms with Crippen LogP contribution in [0.1, 0.15) is 45.6 Å². The van der Waals surface area contributed by atoms with E-state index >= 15 is 0 Å². The van der Waals surface area contributed by atoms with Gasteiger partial charge >= 0.3 is 0 Å². The summed E-state index contributed by atoms with van der Waals surface area (Å²) in [6, 6.07) is 5.61. The van der Waals surface area contributed by atoms with E-state index in [0.717, 1.165) is 35.0 Å². The van der Waals surface area contributed by atoms with Crippen molar-refractivity contribution < 1.29 is 9.59 Å². The second-order valence-electron chi connectivity index (χ2n) is 6.00. The van der Waals surface area contributed by atoms with E-state index in [-0.39, 0.29) is 11.8 Å². The summed E-state index contributed by atoms with van der Waals surface area (Å²) in [5.74, 6) is -0.540. The molecular formula is C17H25BrN2O2. The first kappa shape index (κ1) is 18.7. The average molecular weight is 369 g/mol. The molecule has 22 heavy (non-hydrogen) atoms. The largest absolute Gasteiger partial charge is 0.355 e. The zero-order valence-electron chi connectivity index (χ0n) is 13.8. The van der Waals surface area contributed by atoms with E-state index < -0.39 is 5.41 Å². The first-order chi connectivity index (χ1) is 10.3. The van der Waals surface area contributed by atoms with Gasteiger partial charge < -0.3 is 10.6 Å². The highest BCUT2D eigenvalue weighted by molar-refractivity contribution is 9.10. The van der Waals surface area contributed by atoms with Gasteiger partial charge in [0.15, 0.2) is 0 Å². The van der Waals surface area contributed by atoms with Gasteiger partial charge in [-0.05, 0) is 51.0 Å². The number of amides is 2. The minimum absolute atomic E-state index is 0.240. The summed E-state index contributed by atoms with van der Waals surface area (Å²) in [7, 11) is 0. The molecule has 0 heterocycles. The van der Waals surface area contributed by atoms with Crippen molar-refractivity contribution in [1.82, 2.24) is 5.32 Å². The molecule has 122 valence electrons. The summed E-state index contributed by atoms with van der Waals surface area (Å²) in [6.45, 7) is 7.93. The van der Waals surface area contributed by atoms with Crippen LogP contribution in [0, 0.1) is 12.3 Å². The number of rotatable bonds is 7. The highest BCUT2D eigenvalue weighted by atomic mass is 79.9. The second-order valence-corrected chi connectivity index (χ2v) is 6.92. The highest BCUT2D eigenvalue weighted by Crippen LogP contribution is 2.23. The quantitative estimate of drug-likeness (QED) is 0.563. The average Bonchev–Trinajstić information content (AvgIpc) is 2.46. The Balaban J connectivity index is 2.67. The maximum atomic E-state index is 12.4. The summed E-state index contributed by atoms with van der Waals surface area (Å²) >= 11 is 3.39. The molecule has 0 fully saturated rings. The highest BCUT2D eigenvalue weighted by Gasteiger charge is 2.35. The van der Waals surface area contributed by atoms with Crippen molar-refractivity contribution in [3.8, 4) is 0 Å². The van der Waals surface area contributed by atoms with Crippen LogP contribution in [0.5, 0.6) is 0 Å². The van der Waals surface area contributed by atoms with Gasteiger partial charge in [-0.15, -0.1) is 0 Å². The number of hydrogen-bond acceptors (Lipinski definition) is 2. The van der Waals surface area contributed by atoms with Crippen LogP contribution in [-0.2, 0) is 9.59 Å². The molecule has 1 aromatic carbocycles. The minimum Gasteiger partial charge on any atom is -0.355 e. The number of carbonyl (C=O) groups is 2. The van der Waals surface area contributed by atoms with E-state index in [0.29, 0.717) is 6.54 Å². The lowest BCUT2D eigenvalue weighted by Crippen LogP contribution is -2.45. The standard InChI is InChI=1S/C17H25BrN2O2/c1-5-6-7-10-19-15(21)17(3,4)16(22)20-14-9-8-13(18)11-12(14)2/h8-9,11H,5-7,10H2,1-4H3,(H,19,21)(H,20,22). The Morgan fingerprint density at radius 1 is 1.18 bits per heavy atom. The molecule has 0 radical (unpaired) electrons. The molecule has 0 spiro atoms. The van der Waals surface area contributed by atoms with Crippen molar-refractivity contribution in [1.29, 1.82) is 0 Å². The van der Waals surface area contributed by atoms with Gasteiger partial charge in [0, 0.05) is 16.7 Å². The molecule has 0 unspecified atom stereocenters. The molecule has 0 saturated carbocycles. The molecule has 1 aromatic rings. The predicted octanol–water partition coefficient (Wildman–Crippen LogP) is 4.03. The van der Waals surface area contributed by atoms with Crippen LogP contribution in [0.25, 0.3) is 0 Å². The normalized spacial score (nSPS) is 11.1. The number of aryl methyl sites for hydroxylation is 1. The summed E-state index contributed by atoms with van der Waals surface area (Å²) < 4.78 is 0.955. The summed E-state index contributed by atoms with van der Waals surface area (Å²) in [5, 5.41) is 5.68. The van der Waals surface area contributed by atoms with Crippen molar-refractivity contribution in [2.24, 2.45) is 5.41 Å². The fourth-order valence-corrected chi connectivity index (χ4v) is 2.42. The first-order valence-corrected chi connectivity index (χ1v) is 8.44. The number of unbranched alkanes of at least 4 members (excludes halogenated alkanes) is 2. The van der Waals surface area contributed by atoms with Crippen LogP contribution in [0.3, 0.4) is 0 Å². The number of anilines is 1. The Hall–Kier alpha value is -1.36. The Kier molecular flexibility index (Phi) is 7.07. The lowest BCUT2D eigenvalue weighted by molar-refractivity contribution is -0.138. The molecule has 0 saturated heterocycles. The van der Waals surface area contributed by atoms with Crippen molar-refractivity contribution in [2.45, 2.75) is 47.0 Å². The topological polar surface area (TPSA) is 58.2 Å². The third-order valence-electron chi connectivity index (χ3n) is 3.64. The Morgan fingerprint density at radius 3 is 2.45 bits per heavy atom.